The van der Waals surface area contributed by atoms with Crippen molar-refractivity contribution in [1.29, 1.82) is 5.26 Å². The molecule has 0 saturated heterocycles. The maximum atomic E-state index is 12.4. The van der Waals surface area contributed by atoms with Gasteiger partial charge in [0.05, 0.1) is 13.2 Å². The normalized spacial score (nSPS) is 11.1. The lowest BCUT2D eigenvalue weighted by Crippen LogP contribution is -2.27. The van der Waals surface area contributed by atoms with Crippen LogP contribution in [0.15, 0.2) is 36.4 Å². The number of aryl methyl sites for hydroxylation is 3. The average Bonchev–Trinajstić information content (AvgIpc) is 2.74. The number of carbonyl (C=O) groups is 1. The summed E-state index contributed by atoms with van der Waals surface area (Å²) in [5.74, 6) is 3.36. The molecule has 0 bridgehead atoms. The monoisotopic (exact) mass is 390 g/mol. The molecule has 0 aromatic heterocycles. The Bertz CT molecular complexity index is 938. The molecule has 150 valence electrons. The lowest BCUT2D eigenvalue weighted by atomic mass is 9.99. The van der Waals surface area contributed by atoms with E-state index < -0.39 is 6.04 Å². The maximum absolute atomic E-state index is 12.4. The number of hydrogen-bond donors (Lipinski definition) is 1. The van der Waals surface area contributed by atoms with E-state index in [0.717, 1.165) is 23.1 Å². The highest BCUT2D eigenvalue weighted by Crippen LogP contribution is 2.28. The van der Waals surface area contributed by atoms with E-state index in [1.807, 2.05) is 37.3 Å². The van der Waals surface area contributed by atoms with Crippen LogP contribution in [0.5, 0.6) is 11.5 Å². The molecule has 0 fully saturated rings. The number of ether oxygens (including phenoxy) is 2. The average molecular weight is 390 g/mol. The minimum absolute atomic E-state index is 0.159. The molecule has 5 heteroatoms. The number of nitrogens with one attached hydrogen (secondary N) is 1. The van der Waals surface area contributed by atoms with Crippen molar-refractivity contribution in [2.45, 2.75) is 39.2 Å². The molecule has 0 aliphatic carbocycles. The SMILES string of the molecule is C#CCOc1ccc(CCC(=O)NC(C#N)c2ccc(CC)c(C)c2)cc1OC. The smallest absolute Gasteiger partial charge is 0.221 e. The third-order valence-electron chi connectivity index (χ3n) is 4.70. The predicted molar refractivity (Wildman–Crippen MR) is 113 cm³/mol. The highest BCUT2D eigenvalue weighted by atomic mass is 16.5. The molecule has 1 amide bonds. The topological polar surface area (TPSA) is 71.3 Å². The summed E-state index contributed by atoms with van der Waals surface area (Å²) in [4.78, 5) is 12.4. The lowest BCUT2D eigenvalue weighted by molar-refractivity contribution is -0.121. The number of methoxy groups -OCH3 is 1. The van der Waals surface area contributed by atoms with E-state index in [1.165, 1.54) is 5.56 Å². The van der Waals surface area contributed by atoms with Crippen molar-refractivity contribution >= 4 is 5.91 Å². The molecular formula is C24H26N2O3. The van der Waals surface area contributed by atoms with Crippen LogP contribution in [0.3, 0.4) is 0 Å². The molecule has 2 aromatic carbocycles. The standard InChI is InChI=1S/C24H26N2O3/c1-5-13-29-22-11-7-18(15-23(22)28-4)8-12-24(27)26-21(16-25)20-10-9-19(6-2)17(3)14-20/h1,7,9-11,14-15,21H,6,8,12-13H2,2-4H3,(H,26,27). The molecule has 1 atom stereocenters. The summed E-state index contributed by atoms with van der Waals surface area (Å²) in [5.41, 5.74) is 4.09. The first-order valence-corrected chi connectivity index (χ1v) is 9.53. The zero-order chi connectivity index (χ0) is 21.2. The van der Waals surface area contributed by atoms with Gasteiger partial charge < -0.3 is 14.8 Å². The van der Waals surface area contributed by atoms with Crippen molar-refractivity contribution < 1.29 is 14.3 Å². The molecule has 29 heavy (non-hydrogen) atoms. The molecule has 1 unspecified atom stereocenters. The number of terminal acetylenes is 1. The second-order valence-electron chi connectivity index (χ2n) is 6.65. The van der Waals surface area contributed by atoms with E-state index in [1.54, 1.807) is 13.2 Å². The third kappa shape index (κ3) is 6.02. The van der Waals surface area contributed by atoms with E-state index >= 15 is 0 Å². The summed E-state index contributed by atoms with van der Waals surface area (Å²) < 4.78 is 10.7. The van der Waals surface area contributed by atoms with Gasteiger partial charge in [0.15, 0.2) is 11.5 Å². The number of carbonyl (C=O) groups excluding carboxylic acids is 1. The van der Waals surface area contributed by atoms with Gasteiger partial charge >= 0.3 is 0 Å². The van der Waals surface area contributed by atoms with Gasteiger partial charge in [0, 0.05) is 6.42 Å². The number of hydrogen-bond acceptors (Lipinski definition) is 4. The highest BCUT2D eigenvalue weighted by Gasteiger charge is 2.15. The van der Waals surface area contributed by atoms with Crippen LogP contribution in [0.25, 0.3) is 0 Å². The summed E-state index contributed by atoms with van der Waals surface area (Å²) >= 11 is 0. The van der Waals surface area contributed by atoms with Crippen LogP contribution < -0.4 is 14.8 Å². The second kappa shape index (κ2) is 10.8. The molecule has 0 heterocycles. The molecule has 0 spiro atoms. The Kier molecular flexibility index (Phi) is 8.12. The van der Waals surface area contributed by atoms with E-state index in [0.29, 0.717) is 17.9 Å². The molecule has 1 N–H and O–H groups in total. The molecule has 2 aromatic rings. The van der Waals surface area contributed by atoms with Crippen LogP contribution in [-0.2, 0) is 17.6 Å². The Labute approximate surface area is 172 Å². The van der Waals surface area contributed by atoms with Gasteiger partial charge in [-0.05, 0) is 54.2 Å². The van der Waals surface area contributed by atoms with Crippen molar-refractivity contribution in [1.82, 2.24) is 5.32 Å². The first-order chi connectivity index (χ1) is 14.0. The molecule has 0 aliphatic heterocycles. The number of rotatable bonds is 9. The Hall–Kier alpha value is -3.44. The van der Waals surface area contributed by atoms with Gasteiger partial charge in [0.1, 0.15) is 12.6 Å². The van der Waals surface area contributed by atoms with E-state index in [4.69, 9.17) is 15.9 Å². The van der Waals surface area contributed by atoms with E-state index in [2.05, 4.69) is 24.2 Å². The number of nitriles is 1. The second-order valence-corrected chi connectivity index (χ2v) is 6.65. The van der Waals surface area contributed by atoms with Crippen molar-refractivity contribution in [3.63, 3.8) is 0 Å². The fourth-order valence-electron chi connectivity index (χ4n) is 3.08. The van der Waals surface area contributed by atoms with E-state index in [-0.39, 0.29) is 18.9 Å². The first kappa shape index (κ1) is 21.9. The van der Waals surface area contributed by atoms with Gasteiger partial charge in [-0.1, -0.05) is 37.1 Å². The fourth-order valence-corrected chi connectivity index (χ4v) is 3.08. The zero-order valence-electron chi connectivity index (χ0n) is 17.1. The van der Waals surface area contributed by atoms with Crippen molar-refractivity contribution in [2.24, 2.45) is 0 Å². The van der Waals surface area contributed by atoms with Gasteiger partial charge in [0.2, 0.25) is 5.91 Å². The summed E-state index contributed by atoms with van der Waals surface area (Å²) in [5, 5.41) is 12.3. The molecule has 0 radical (unpaired) electrons. The summed E-state index contributed by atoms with van der Waals surface area (Å²) in [6, 6.07) is 12.9. The Balaban J connectivity index is 1.99. The number of nitrogens with zero attached hydrogens (tertiary/aromatic N) is 1. The molecule has 5 nitrogen and oxygen atoms in total. The lowest BCUT2D eigenvalue weighted by Gasteiger charge is -2.14. The van der Waals surface area contributed by atoms with Crippen molar-refractivity contribution in [3.05, 3.63) is 58.7 Å². The van der Waals surface area contributed by atoms with Crippen molar-refractivity contribution in [2.75, 3.05) is 13.7 Å². The highest BCUT2D eigenvalue weighted by molar-refractivity contribution is 5.77. The largest absolute Gasteiger partial charge is 0.493 e. The third-order valence-corrected chi connectivity index (χ3v) is 4.70. The zero-order valence-corrected chi connectivity index (χ0v) is 17.1. The Morgan fingerprint density at radius 1 is 1.24 bits per heavy atom. The fraction of sp³-hybridized carbons (Fsp3) is 0.333. The Morgan fingerprint density at radius 2 is 2.03 bits per heavy atom. The van der Waals surface area contributed by atoms with Crippen LogP contribution in [-0.4, -0.2) is 19.6 Å². The quantitative estimate of drug-likeness (QED) is 0.660. The minimum atomic E-state index is -0.666. The molecule has 0 saturated carbocycles. The Morgan fingerprint density at radius 3 is 2.66 bits per heavy atom. The molecule has 0 aliphatic rings. The summed E-state index contributed by atoms with van der Waals surface area (Å²) in [7, 11) is 1.55. The predicted octanol–water partition coefficient (Wildman–Crippen LogP) is 3.89. The minimum Gasteiger partial charge on any atom is -0.493 e. The van der Waals surface area contributed by atoms with Crippen LogP contribution >= 0.6 is 0 Å². The van der Waals surface area contributed by atoms with Crippen LogP contribution in [0.4, 0.5) is 0 Å². The number of benzene rings is 2. The van der Waals surface area contributed by atoms with Gasteiger partial charge in [-0.2, -0.15) is 5.26 Å². The maximum Gasteiger partial charge on any atom is 0.221 e. The molecule has 2 rings (SSSR count). The van der Waals surface area contributed by atoms with Gasteiger partial charge in [0.25, 0.3) is 0 Å². The molecular weight excluding hydrogens is 364 g/mol. The van der Waals surface area contributed by atoms with Gasteiger partial charge in [-0.3, -0.25) is 4.79 Å². The van der Waals surface area contributed by atoms with E-state index in [9.17, 15) is 10.1 Å². The van der Waals surface area contributed by atoms with Gasteiger partial charge in [-0.25, -0.2) is 0 Å². The van der Waals surface area contributed by atoms with Crippen molar-refractivity contribution in [3.8, 4) is 29.9 Å². The number of amides is 1. The van der Waals surface area contributed by atoms with Gasteiger partial charge in [-0.15, -0.1) is 6.42 Å². The first-order valence-electron chi connectivity index (χ1n) is 9.53. The van der Waals surface area contributed by atoms with Crippen LogP contribution in [0.1, 0.15) is 41.6 Å². The summed E-state index contributed by atoms with van der Waals surface area (Å²) in [6.45, 7) is 4.27. The van der Waals surface area contributed by atoms with Crippen LogP contribution in [0.2, 0.25) is 0 Å². The summed E-state index contributed by atoms with van der Waals surface area (Å²) in [6.07, 6.45) is 6.93. The van der Waals surface area contributed by atoms with Crippen LogP contribution in [0, 0.1) is 30.6 Å².